The predicted octanol–water partition coefficient (Wildman–Crippen LogP) is 2.56. The summed E-state index contributed by atoms with van der Waals surface area (Å²) in [5, 5.41) is 3.63. The number of aliphatic imine (C=N–C) groups is 2. The van der Waals surface area contributed by atoms with E-state index < -0.39 is 16.1 Å². The molecule has 0 aromatic rings. The first kappa shape index (κ1) is 12.6. The molecule has 0 fully saturated rings. The lowest BCUT2D eigenvalue weighted by molar-refractivity contribution is 0.720. The van der Waals surface area contributed by atoms with Crippen LogP contribution >= 0.6 is 0 Å². The van der Waals surface area contributed by atoms with Gasteiger partial charge in [-0.25, -0.2) is 9.98 Å². The van der Waals surface area contributed by atoms with E-state index in [9.17, 15) is 0 Å². The van der Waals surface area contributed by atoms with Crippen LogP contribution in [0.1, 0.15) is 0 Å². The first-order valence-electron chi connectivity index (χ1n) is 5.52. The van der Waals surface area contributed by atoms with E-state index in [1.165, 1.54) is 0 Å². The zero-order valence-electron chi connectivity index (χ0n) is 10.7. The highest BCUT2D eigenvalue weighted by Crippen LogP contribution is 2.37. The topological polar surface area (TPSA) is 36.8 Å². The van der Waals surface area contributed by atoms with Gasteiger partial charge in [0, 0.05) is 16.1 Å². The van der Waals surface area contributed by atoms with E-state index in [4.69, 9.17) is 0 Å². The van der Waals surface area contributed by atoms with Gasteiger partial charge in [-0.15, -0.1) is 0 Å². The van der Waals surface area contributed by atoms with Crippen LogP contribution in [0.25, 0.3) is 0 Å². The maximum absolute atomic E-state index is 4.50. The molecule has 1 rings (SSSR count). The van der Waals surface area contributed by atoms with Crippen molar-refractivity contribution >= 4 is 28.8 Å². The van der Waals surface area contributed by atoms with Crippen LogP contribution in [0.3, 0.4) is 0 Å². The molecule has 0 saturated carbocycles. The van der Waals surface area contributed by atoms with Crippen molar-refractivity contribution in [3.63, 3.8) is 0 Å². The summed E-state index contributed by atoms with van der Waals surface area (Å²) in [6.45, 7) is 14.6. The summed E-state index contributed by atoms with van der Waals surface area (Å²) in [5.41, 5.74) is 0. The highest BCUT2D eigenvalue weighted by Gasteiger charge is 2.42. The van der Waals surface area contributed by atoms with Crippen molar-refractivity contribution in [2.45, 2.75) is 50.6 Å². The molecule has 86 valence electrons. The Kier molecular flexibility index (Phi) is 3.55. The summed E-state index contributed by atoms with van der Waals surface area (Å²) in [4.78, 5) is 9.00. The third-order valence-corrected chi connectivity index (χ3v) is 12.3. The Labute approximate surface area is 95.1 Å². The van der Waals surface area contributed by atoms with E-state index in [0.29, 0.717) is 5.16 Å². The SMILES string of the molecule is C[Si](C)(C)C(C1N=CNC=N1)[Si](C)(C)C. The molecule has 0 radical (unpaired) electrons. The predicted molar refractivity (Wildman–Crippen MR) is 74.3 cm³/mol. The molecule has 5 heteroatoms. The van der Waals surface area contributed by atoms with Crippen LogP contribution in [0, 0.1) is 0 Å². The minimum absolute atomic E-state index is 0.171. The molecule has 0 bridgehead atoms. The zero-order chi connectivity index (χ0) is 11.7. The van der Waals surface area contributed by atoms with E-state index in [1.807, 2.05) is 0 Å². The second kappa shape index (κ2) is 4.21. The number of hydrogen-bond donors (Lipinski definition) is 1. The Morgan fingerprint density at radius 2 is 1.33 bits per heavy atom. The van der Waals surface area contributed by atoms with Gasteiger partial charge in [0.15, 0.2) is 0 Å². The maximum Gasteiger partial charge on any atom is 0.141 e. The van der Waals surface area contributed by atoms with Gasteiger partial charge in [0.2, 0.25) is 0 Å². The van der Waals surface area contributed by atoms with Crippen LogP contribution in [0.2, 0.25) is 44.4 Å². The van der Waals surface area contributed by atoms with E-state index in [2.05, 4.69) is 54.6 Å². The molecule has 1 aliphatic heterocycles. The normalized spacial score (nSPS) is 18.3. The van der Waals surface area contributed by atoms with Crippen LogP contribution < -0.4 is 5.32 Å². The molecule has 0 amide bonds. The summed E-state index contributed by atoms with van der Waals surface area (Å²) in [6.07, 6.45) is 3.74. The van der Waals surface area contributed by atoms with Gasteiger partial charge in [-0.05, 0) is 5.16 Å². The van der Waals surface area contributed by atoms with Crippen LogP contribution in [0.15, 0.2) is 9.98 Å². The Bertz CT molecular complexity index is 247. The summed E-state index contributed by atoms with van der Waals surface area (Å²) >= 11 is 0. The molecule has 0 aromatic carbocycles. The average molecular weight is 241 g/mol. The largest absolute Gasteiger partial charge is 0.338 e. The Morgan fingerprint density at radius 3 is 1.67 bits per heavy atom. The lowest BCUT2D eigenvalue weighted by atomic mass is 10.6. The van der Waals surface area contributed by atoms with Gasteiger partial charge in [-0.2, -0.15) is 0 Å². The molecule has 0 unspecified atom stereocenters. The van der Waals surface area contributed by atoms with Gasteiger partial charge < -0.3 is 5.32 Å². The number of rotatable bonds is 3. The smallest absolute Gasteiger partial charge is 0.141 e. The summed E-state index contributed by atoms with van der Waals surface area (Å²) in [5.74, 6) is 0. The molecule has 0 saturated heterocycles. The maximum atomic E-state index is 4.50. The lowest BCUT2D eigenvalue weighted by Gasteiger charge is -2.40. The summed E-state index contributed by atoms with van der Waals surface area (Å²) in [6, 6.07) is 0. The fraction of sp³-hybridized carbons (Fsp3) is 0.800. The highest BCUT2D eigenvalue weighted by molar-refractivity contribution is 6.96. The number of nitrogens with zero attached hydrogens (tertiary/aromatic N) is 2. The van der Waals surface area contributed by atoms with Crippen molar-refractivity contribution in [2.75, 3.05) is 0 Å². The number of hydrogen-bond acceptors (Lipinski definition) is 3. The summed E-state index contributed by atoms with van der Waals surface area (Å²) in [7, 11) is -2.41. The number of nitrogens with one attached hydrogen (secondary N) is 1. The standard InChI is InChI=1S/C10H23N3Si2/c1-14(2,3)10(15(4,5)6)9-12-7-11-8-13-9/h7-10H,1-6H3,(H,11,12,13). The molecule has 0 atom stereocenters. The molecular weight excluding hydrogens is 218 g/mol. The highest BCUT2D eigenvalue weighted by atomic mass is 28.4. The Hall–Kier alpha value is -0.426. The lowest BCUT2D eigenvalue weighted by Crippen LogP contribution is -2.49. The quantitative estimate of drug-likeness (QED) is 0.758. The average Bonchev–Trinajstić information content (AvgIpc) is 2.00. The molecule has 1 aliphatic rings. The van der Waals surface area contributed by atoms with Gasteiger partial charge in [0.05, 0.1) is 12.7 Å². The molecule has 1 heterocycles. The van der Waals surface area contributed by atoms with Gasteiger partial charge >= 0.3 is 0 Å². The molecule has 15 heavy (non-hydrogen) atoms. The van der Waals surface area contributed by atoms with E-state index in [-0.39, 0.29) is 6.17 Å². The zero-order valence-corrected chi connectivity index (χ0v) is 12.7. The van der Waals surface area contributed by atoms with Crippen LogP contribution in [0.5, 0.6) is 0 Å². The first-order valence-corrected chi connectivity index (χ1v) is 12.7. The van der Waals surface area contributed by atoms with Crippen molar-refractivity contribution in [2.24, 2.45) is 9.98 Å². The van der Waals surface area contributed by atoms with Gasteiger partial charge in [0.1, 0.15) is 6.17 Å². The second-order valence-corrected chi connectivity index (χ2v) is 17.6. The molecule has 0 aromatic heterocycles. The van der Waals surface area contributed by atoms with Crippen LogP contribution in [0.4, 0.5) is 0 Å². The molecule has 3 nitrogen and oxygen atoms in total. The second-order valence-electron chi connectivity index (χ2n) is 6.35. The van der Waals surface area contributed by atoms with Gasteiger partial charge in [0.25, 0.3) is 0 Å². The minimum atomic E-state index is -1.20. The third-order valence-electron chi connectivity index (χ3n) is 2.77. The first-order chi connectivity index (χ1) is 6.73. The monoisotopic (exact) mass is 241 g/mol. The molecular formula is C10H23N3Si2. The van der Waals surface area contributed by atoms with E-state index in [1.54, 1.807) is 12.7 Å². The van der Waals surface area contributed by atoms with Crippen LogP contribution in [-0.2, 0) is 0 Å². The van der Waals surface area contributed by atoms with E-state index in [0.717, 1.165) is 0 Å². The van der Waals surface area contributed by atoms with Crippen molar-refractivity contribution in [3.8, 4) is 0 Å². The van der Waals surface area contributed by atoms with Gasteiger partial charge in [-0.1, -0.05) is 39.3 Å². The Morgan fingerprint density at radius 1 is 0.933 bits per heavy atom. The summed E-state index contributed by atoms with van der Waals surface area (Å²) < 4.78 is 0. The fourth-order valence-corrected chi connectivity index (χ4v) is 15.2. The minimum Gasteiger partial charge on any atom is -0.338 e. The van der Waals surface area contributed by atoms with Crippen molar-refractivity contribution < 1.29 is 0 Å². The van der Waals surface area contributed by atoms with Gasteiger partial charge in [-0.3, -0.25) is 0 Å². The molecule has 1 N–H and O–H groups in total. The van der Waals surface area contributed by atoms with E-state index >= 15 is 0 Å². The van der Waals surface area contributed by atoms with Crippen molar-refractivity contribution in [1.82, 2.24) is 5.32 Å². The van der Waals surface area contributed by atoms with Crippen molar-refractivity contribution in [1.29, 1.82) is 0 Å². The Balaban J connectivity index is 2.96. The molecule has 0 aliphatic carbocycles. The fourth-order valence-electron chi connectivity index (χ4n) is 2.68. The van der Waals surface area contributed by atoms with Crippen molar-refractivity contribution in [3.05, 3.63) is 0 Å². The third kappa shape index (κ3) is 3.27. The molecule has 0 spiro atoms. The van der Waals surface area contributed by atoms with Crippen LogP contribution in [-0.4, -0.2) is 35.0 Å².